The molecular weight excluding hydrogens is 220 g/mol. The maximum atomic E-state index is 10.8. The van der Waals surface area contributed by atoms with Crippen molar-refractivity contribution in [3.63, 3.8) is 0 Å². The van der Waals surface area contributed by atoms with E-state index in [2.05, 4.69) is 10.5 Å². The van der Waals surface area contributed by atoms with Gasteiger partial charge in [0, 0.05) is 25.3 Å². The van der Waals surface area contributed by atoms with Crippen LogP contribution in [0.1, 0.15) is 12.6 Å². The molecule has 0 radical (unpaired) electrons. The van der Waals surface area contributed by atoms with Crippen LogP contribution in [0.3, 0.4) is 0 Å². The Balaban J connectivity index is 2.19. The number of carbonyl (C=O) groups is 1. The van der Waals surface area contributed by atoms with Crippen molar-refractivity contribution in [3.05, 3.63) is 23.9 Å². The zero-order valence-electron chi connectivity index (χ0n) is 9.82. The number of hydrogen-bond donors (Lipinski definition) is 1. The summed E-state index contributed by atoms with van der Waals surface area (Å²) in [5.41, 5.74) is 1.55. The third-order valence-electron chi connectivity index (χ3n) is 2.49. The van der Waals surface area contributed by atoms with Gasteiger partial charge in [-0.3, -0.25) is 4.79 Å². The van der Waals surface area contributed by atoms with Crippen LogP contribution in [0.2, 0.25) is 0 Å². The molecule has 0 saturated heterocycles. The molecule has 0 bridgehead atoms. The molecule has 0 saturated carbocycles. The van der Waals surface area contributed by atoms with Crippen LogP contribution >= 0.6 is 0 Å². The van der Waals surface area contributed by atoms with Crippen molar-refractivity contribution in [2.75, 3.05) is 13.7 Å². The van der Waals surface area contributed by atoms with Gasteiger partial charge >= 0.3 is 0 Å². The fourth-order valence-electron chi connectivity index (χ4n) is 1.63. The van der Waals surface area contributed by atoms with Crippen molar-refractivity contribution < 1.29 is 14.1 Å². The summed E-state index contributed by atoms with van der Waals surface area (Å²) >= 11 is 0. The Kier molecular flexibility index (Phi) is 3.27. The summed E-state index contributed by atoms with van der Waals surface area (Å²) in [6, 6.07) is 5.53. The standard InChI is InChI=1S/C12H14N2O3/c1-8(15)13-6-5-11-10-7-9(16-2)3-4-12(10)17-14-11/h3-4,7H,5-6H2,1-2H3,(H,13,15). The highest BCUT2D eigenvalue weighted by atomic mass is 16.5. The molecule has 0 spiro atoms. The van der Waals surface area contributed by atoms with E-state index in [1.54, 1.807) is 7.11 Å². The zero-order chi connectivity index (χ0) is 12.3. The number of nitrogens with one attached hydrogen (secondary N) is 1. The van der Waals surface area contributed by atoms with E-state index in [0.717, 1.165) is 22.4 Å². The molecule has 1 amide bonds. The van der Waals surface area contributed by atoms with E-state index in [-0.39, 0.29) is 5.91 Å². The van der Waals surface area contributed by atoms with E-state index in [1.807, 2.05) is 18.2 Å². The van der Waals surface area contributed by atoms with E-state index in [0.29, 0.717) is 13.0 Å². The number of carbonyl (C=O) groups excluding carboxylic acids is 1. The number of methoxy groups -OCH3 is 1. The second kappa shape index (κ2) is 4.86. The Morgan fingerprint density at radius 1 is 1.53 bits per heavy atom. The van der Waals surface area contributed by atoms with Crippen molar-refractivity contribution >= 4 is 16.9 Å². The van der Waals surface area contributed by atoms with Crippen LogP contribution in [0.5, 0.6) is 5.75 Å². The third-order valence-corrected chi connectivity index (χ3v) is 2.49. The summed E-state index contributed by atoms with van der Waals surface area (Å²) in [6.45, 7) is 2.04. The molecule has 1 aromatic heterocycles. The van der Waals surface area contributed by atoms with Crippen molar-refractivity contribution in [2.45, 2.75) is 13.3 Å². The molecule has 5 heteroatoms. The SMILES string of the molecule is COc1ccc2onc(CCNC(C)=O)c2c1. The summed E-state index contributed by atoms with van der Waals surface area (Å²) in [7, 11) is 1.62. The van der Waals surface area contributed by atoms with Crippen LogP contribution in [0.25, 0.3) is 11.0 Å². The minimum absolute atomic E-state index is 0.0459. The molecule has 2 rings (SSSR count). The summed E-state index contributed by atoms with van der Waals surface area (Å²) in [6.07, 6.45) is 0.639. The maximum Gasteiger partial charge on any atom is 0.216 e. The van der Waals surface area contributed by atoms with E-state index >= 15 is 0 Å². The van der Waals surface area contributed by atoms with Crippen molar-refractivity contribution in [3.8, 4) is 5.75 Å². The van der Waals surface area contributed by atoms with Gasteiger partial charge in [-0.15, -0.1) is 0 Å². The monoisotopic (exact) mass is 234 g/mol. The van der Waals surface area contributed by atoms with Gasteiger partial charge in [0.05, 0.1) is 12.8 Å². The Morgan fingerprint density at radius 2 is 2.35 bits per heavy atom. The average Bonchev–Trinajstić information content (AvgIpc) is 2.71. The Morgan fingerprint density at radius 3 is 3.06 bits per heavy atom. The first kappa shape index (κ1) is 11.4. The smallest absolute Gasteiger partial charge is 0.216 e. The molecule has 90 valence electrons. The first-order valence-corrected chi connectivity index (χ1v) is 5.37. The fraction of sp³-hybridized carbons (Fsp3) is 0.333. The van der Waals surface area contributed by atoms with Gasteiger partial charge in [0.2, 0.25) is 5.91 Å². The van der Waals surface area contributed by atoms with Crippen molar-refractivity contribution in [1.82, 2.24) is 10.5 Å². The first-order chi connectivity index (χ1) is 8.20. The second-order valence-electron chi connectivity index (χ2n) is 3.72. The van der Waals surface area contributed by atoms with Gasteiger partial charge in [-0.05, 0) is 18.2 Å². The molecule has 2 aromatic rings. The van der Waals surface area contributed by atoms with Gasteiger partial charge in [0.15, 0.2) is 5.58 Å². The highest BCUT2D eigenvalue weighted by molar-refractivity contribution is 5.81. The normalized spacial score (nSPS) is 10.5. The fourth-order valence-corrected chi connectivity index (χ4v) is 1.63. The van der Waals surface area contributed by atoms with E-state index in [1.165, 1.54) is 6.92 Å². The second-order valence-corrected chi connectivity index (χ2v) is 3.72. The van der Waals surface area contributed by atoms with Crippen LogP contribution < -0.4 is 10.1 Å². The summed E-state index contributed by atoms with van der Waals surface area (Å²) in [5.74, 6) is 0.719. The Hall–Kier alpha value is -2.04. The molecule has 17 heavy (non-hydrogen) atoms. The summed E-state index contributed by atoms with van der Waals surface area (Å²) in [5, 5.41) is 7.64. The third kappa shape index (κ3) is 2.55. The van der Waals surface area contributed by atoms with E-state index < -0.39 is 0 Å². The Bertz CT molecular complexity index is 534. The highest BCUT2D eigenvalue weighted by Crippen LogP contribution is 2.23. The lowest BCUT2D eigenvalue weighted by Crippen LogP contribution is -2.22. The van der Waals surface area contributed by atoms with Crippen LogP contribution in [-0.2, 0) is 11.2 Å². The molecule has 0 fully saturated rings. The van der Waals surface area contributed by atoms with Gasteiger partial charge < -0.3 is 14.6 Å². The van der Waals surface area contributed by atoms with Crippen LogP contribution in [0, 0.1) is 0 Å². The molecular formula is C12H14N2O3. The van der Waals surface area contributed by atoms with E-state index in [9.17, 15) is 4.79 Å². The van der Waals surface area contributed by atoms with Gasteiger partial charge in [-0.1, -0.05) is 5.16 Å². The van der Waals surface area contributed by atoms with Gasteiger partial charge in [0.25, 0.3) is 0 Å². The number of ether oxygens (including phenoxy) is 1. The topological polar surface area (TPSA) is 64.4 Å². The molecule has 1 aromatic carbocycles. The first-order valence-electron chi connectivity index (χ1n) is 5.37. The van der Waals surface area contributed by atoms with Crippen LogP contribution in [-0.4, -0.2) is 24.7 Å². The number of hydrogen-bond acceptors (Lipinski definition) is 4. The largest absolute Gasteiger partial charge is 0.497 e. The Labute approximate surface area is 98.7 Å². The molecule has 0 unspecified atom stereocenters. The lowest BCUT2D eigenvalue weighted by atomic mass is 10.1. The van der Waals surface area contributed by atoms with E-state index in [4.69, 9.17) is 9.26 Å². The van der Waals surface area contributed by atoms with Crippen molar-refractivity contribution in [2.24, 2.45) is 0 Å². The lowest BCUT2D eigenvalue weighted by molar-refractivity contribution is -0.118. The maximum absolute atomic E-state index is 10.8. The lowest BCUT2D eigenvalue weighted by Gasteiger charge is -2.00. The van der Waals surface area contributed by atoms with Crippen LogP contribution in [0.15, 0.2) is 22.7 Å². The van der Waals surface area contributed by atoms with Gasteiger partial charge in [0.1, 0.15) is 5.75 Å². The predicted molar refractivity (Wildman–Crippen MR) is 62.9 cm³/mol. The van der Waals surface area contributed by atoms with Gasteiger partial charge in [-0.25, -0.2) is 0 Å². The van der Waals surface area contributed by atoms with Crippen LogP contribution in [0.4, 0.5) is 0 Å². The summed E-state index contributed by atoms with van der Waals surface area (Å²) in [4.78, 5) is 10.8. The number of benzene rings is 1. The summed E-state index contributed by atoms with van der Waals surface area (Å²) < 4.78 is 10.3. The molecule has 1 N–H and O–H groups in total. The minimum Gasteiger partial charge on any atom is -0.497 e. The number of amides is 1. The number of fused-ring (bicyclic) bond motifs is 1. The number of rotatable bonds is 4. The quantitative estimate of drug-likeness (QED) is 0.871. The molecule has 0 aliphatic carbocycles. The molecule has 0 aliphatic rings. The highest BCUT2D eigenvalue weighted by Gasteiger charge is 2.09. The molecule has 0 aliphatic heterocycles. The van der Waals surface area contributed by atoms with Gasteiger partial charge in [-0.2, -0.15) is 0 Å². The zero-order valence-corrected chi connectivity index (χ0v) is 9.82. The minimum atomic E-state index is -0.0459. The number of nitrogens with zero attached hydrogens (tertiary/aromatic N) is 1. The average molecular weight is 234 g/mol. The molecule has 5 nitrogen and oxygen atoms in total. The number of aromatic nitrogens is 1. The molecule has 1 heterocycles. The predicted octanol–water partition coefficient (Wildman–Crippen LogP) is 1.51. The molecule has 0 atom stereocenters. The van der Waals surface area contributed by atoms with Crippen molar-refractivity contribution in [1.29, 1.82) is 0 Å².